The summed E-state index contributed by atoms with van der Waals surface area (Å²) in [7, 11) is 0. The maximum atomic E-state index is 5.84. The summed E-state index contributed by atoms with van der Waals surface area (Å²) in [6, 6.07) is 9.82. The largest absolute Gasteiger partial charge is 0.493 e. The summed E-state index contributed by atoms with van der Waals surface area (Å²) in [5.74, 6) is 0.849. The molecule has 0 aliphatic heterocycles. The minimum Gasteiger partial charge on any atom is -0.493 e. The Morgan fingerprint density at radius 2 is 1.85 bits per heavy atom. The Labute approximate surface area is 119 Å². The summed E-state index contributed by atoms with van der Waals surface area (Å²) >= 11 is 0. The van der Waals surface area contributed by atoms with Crippen LogP contribution in [-0.2, 0) is 9.47 Å². The third-order valence-corrected chi connectivity index (χ3v) is 2.92. The van der Waals surface area contributed by atoms with Crippen LogP contribution in [-0.4, -0.2) is 31.1 Å². The number of nitrogens with zero attached hydrogens (tertiary/aromatic N) is 1. The van der Waals surface area contributed by atoms with Gasteiger partial charge >= 0.3 is 0 Å². The van der Waals surface area contributed by atoms with Gasteiger partial charge in [0.2, 0.25) is 0 Å². The number of hydrogen-bond donors (Lipinski definition) is 0. The maximum Gasteiger partial charge on any atom is 0.160 e. The quantitative estimate of drug-likeness (QED) is 0.692. The number of aromatic nitrogens is 1. The molecule has 0 N–H and O–H groups in total. The van der Waals surface area contributed by atoms with Gasteiger partial charge in [-0.2, -0.15) is 0 Å². The van der Waals surface area contributed by atoms with Gasteiger partial charge in [0.15, 0.2) is 6.29 Å². The lowest BCUT2D eigenvalue weighted by atomic mass is 10.2. The van der Waals surface area contributed by atoms with E-state index < -0.39 is 0 Å². The third-order valence-electron chi connectivity index (χ3n) is 2.92. The molecule has 0 amide bonds. The van der Waals surface area contributed by atoms with E-state index in [1.807, 2.05) is 44.2 Å². The number of ether oxygens (including phenoxy) is 3. The van der Waals surface area contributed by atoms with Gasteiger partial charge in [0.1, 0.15) is 5.75 Å². The predicted octanol–water partition coefficient (Wildman–Crippen LogP) is 3.40. The molecule has 0 unspecified atom stereocenters. The Balaban J connectivity index is 1.95. The second-order valence-corrected chi connectivity index (χ2v) is 4.30. The molecule has 1 aromatic carbocycles. The first-order valence-corrected chi connectivity index (χ1v) is 7.05. The molecule has 1 aromatic heterocycles. The fraction of sp³-hybridized carbons (Fsp3) is 0.438. The number of rotatable bonds is 8. The zero-order valence-corrected chi connectivity index (χ0v) is 12.0. The van der Waals surface area contributed by atoms with Gasteiger partial charge in [0, 0.05) is 31.2 Å². The van der Waals surface area contributed by atoms with Gasteiger partial charge in [-0.15, -0.1) is 0 Å². The van der Waals surface area contributed by atoms with Crippen LogP contribution in [0.15, 0.2) is 36.5 Å². The molecule has 20 heavy (non-hydrogen) atoms. The van der Waals surface area contributed by atoms with Crippen molar-refractivity contribution >= 4 is 10.9 Å². The highest BCUT2D eigenvalue weighted by Crippen LogP contribution is 2.23. The molecular weight excluding hydrogens is 254 g/mol. The van der Waals surface area contributed by atoms with Crippen molar-refractivity contribution in [2.45, 2.75) is 26.6 Å². The molecule has 0 radical (unpaired) electrons. The monoisotopic (exact) mass is 275 g/mol. The van der Waals surface area contributed by atoms with Crippen molar-refractivity contribution in [2.75, 3.05) is 19.8 Å². The van der Waals surface area contributed by atoms with Gasteiger partial charge in [-0.05, 0) is 38.1 Å². The van der Waals surface area contributed by atoms with Crippen LogP contribution in [0.25, 0.3) is 10.9 Å². The van der Waals surface area contributed by atoms with Crippen molar-refractivity contribution in [3.63, 3.8) is 0 Å². The minimum absolute atomic E-state index is 0.196. The number of pyridine rings is 1. The lowest BCUT2D eigenvalue weighted by Crippen LogP contribution is -2.20. The van der Waals surface area contributed by atoms with Crippen LogP contribution in [0.2, 0.25) is 0 Å². The molecule has 0 saturated carbocycles. The van der Waals surface area contributed by atoms with E-state index in [0.717, 1.165) is 16.7 Å². The Morgan fingerprint density at radius 3 is 2.60 bits per heavy atom. The van der Waals surface area contributed by atoms with Crippen LogP contribution in [0.1, 0.15) is 20.3 Å². The molecule has 108 valence electrons. The first-order valence-electron chi connectivity index (χ1n) is 7.05. The molecule has 2 rings (SSSR count). The summed E-state index contributed by atoms with van der Waals surface area (Å²) in [5, 5.41) is 1.03. The highest BCUT2D eigenvalue weighted by atomic mass is 16.7. The normalized spacial score (nSPS) is 11.2. The van der Waals surface area contributed by atoms with E-state index >= 15 is 0 Å². The third kappa shape index (κ3) is 3.92. The van der Waals surface area contributed by atoms with Crippen molar-refractivity contribution in [3.8, 4) is 5.75 Å². The molecule has 4 heteroatoms. The topological polar surface area (TPSA) is 40.6 Å². The van der Waals surface area contributed by atoms with Gasteiger partial charge in [0.25, 0.3) is 0 Å². The molecule has 1 heterocycles. The highest BCUT2D eigenvalue weighted by molar-refractivity contribution is 5.84. The van der Waals surface area contributed by atoms with Crippen molar-refractivity contribution in [1.29, 1.82) is 0 Å². The molecule has 0 saturated heterocycles. The Kier molecular flexibility index (Phi) is 5.77. The van der Waals surface area contributed by atoms with Crippen LogP contribution >= 0.6 is 0 Å². The Morgan fingerprint density at radius 1 is 1.05 bits per heavy atom. The van der Waals surface area contributed by atoms with Crippen LogP contribution in [0, 0.1) is 0 Å². The zero-order valence-electron chi connectivity index (χ0n) is 12.0. The average Bonchev–Trinajstić information content (AvgIpc) is 2.48. The molecule has 0 atom stereocenters. The molecule has 0 fully saturated rings. The first kappa shape index (κ1) is 14.8. The van der Waals surface area contributed by atoms with Gasteiger partial charge in [-0.25, -0.2) is 0 Å². The summed E-state index contributed by atoms with van der Waals surface area (Å²) in [4.78, 5) is 4.31. The number of hydrogen-bond acceptors (Lipinski definition) is 4. The molecule has 0 aliphatic carbocycles. The van der Waals surface area contributed by atoms with Gasteiger partial charge in [0.05, 0.1) is 12.1 Å². The summed E-state index contributed by atoms with van der Waals surface area (Å²) in [6.45, 7) is 5.76. The molecule has 0 aliphatic rings. The van der Waals surface area contributed by atoms with Crippen LogP contribution in [0.4, 0.5) is 0 Å². The summed E-state index contributed by atoms with van der Waals surface area (Å²) in [6.07, 6.45) is 2.29. The second kappa shape index (κ2) is 7.82. The van der Waals surface area contributed by atoms with E-state index in [2.05, 4.69) is 4.98 Å². The fourth-order valence-electron chi connectivity index (χ4n) is 2.05. The van der Waals surface area contributed by atoms with E-state index in [4.69, 9.17) is 14.2 Å². The zero-order chi connectivity index (χ0) is 14.2. The molecule has 2 aromatic rings. The maximum absolute atomic E-state index is 5.84. The summed E-state index contributed by atoms with van der Waals surface area (Å²) < 4.78 is 16.8. The standard InChI is InChI=1S/C16H21NO3/c1-3-18-16(19-4-2)10-12-20-15-9-5-8-14-13(15)7-6-11-17-14/h5-9,11,16H,3-4,10,12H2,1-2H3. The minimum atomic E-state index is -0.196. The lowest BCUT2D eigenvalue weighted by molar-refractivity contribution is -0.142. The molecule has 4 nitrogen and oxygen atoms in total. The molecular formula is C16H21NO3. The Bertz CT molecular complexity index is 519. The lowest BCUT2D eigenvalue weighted by Gasteiger charge is -2.17. The van der Waals surface area contributed by atoms with Crippen molar-refractivity contribution in [2.24, 2.45) is 0 Å². The van der Waals surface area contributed by atoms with Crippen LogP contribution < -0.4 is 4.74 Å². The molecule has 0 bridgehead atoms. The predicted molar refractivity (Wildman–Crippen MR) is 78.9 cm³/mol. The van der Waals surface area contributed by atoms with Gasteiger partial charge < -0.3 is 14.2 Å². The number of benzene rings is 1. The number of fused-ring (bicyclic) bond motifs is 1. The van der Waals surface area contributed by atoms with Crippen molar-refractivity contribution < 1.29 is 14.2 Å². The van der Waals surface area contributed by atoms with E-state index in [0.29, 0.717) is 26.2 Å². The van der Waals surface area contributed by atoms with E-state index in [1.54, 1.807) is 6.20 Å². The van der Waals surface area contributed by atoms with E-state index in [-0.39, 0.29) is 6.29 Å². The smallest absolute Gasteiger partial charge is 0.160 e. The van der Waals surface area contributed by atoms with Gasteiger partial charge in [-0.3, -0.25) is 4.98 Å². The molecule has 0 spiro atoms. The first-order chi connectivity index (χ1) is 9.85. The SMILES string of the molecule is CCOC(CCOc1cccc2ncccc12)OCC. The van der Waals surface area contributed by atoms with Crippen molar-refractivity contribution in [1.82, 2.24) is 4.98 Å². The second-order valence-electron chi connectivity index (χ2n) is 4.30. The Hall–Kier alpha value is -1.65. The average molecular weight is 275 g/mol. The van der Waals surface area contributed by atoms with Gasteiger partial charge in [-0.1, -0.05) is 6.07 Å². The summed E-state index contributed by atoms with van der Waals surface area (Å²) in [5.41, 5.74) is 0.941. The van der Waals surface area contributed by atoms with Crippen LogP contribution in [0.3, 0.4) is 0 Å². The van der Waals surface area contributed by atoms with E-state index in [9.17, 15) is 0 Å². The van der Waals surface area contributed by atoms with E-state index in [1.165, 1.54) is 0 Å². The van der Waals surface area contributed by atoms with Crippen molar-refractivity contribution in [3.05, 3.63) is 36.5 Å². The van der Waals surface area contributed by atoms with Crippen LogP contribution in [0.5, 0.6) is 5.75 Å². The fourth-order valence-corrected chi connectivity index (χ4v) is 2.05. The highest BCUT2D eigenvalue weighted by Gasteiger charge is 2.09.